The van der Waals surface area contributed by atoms with Gasteiger partial charge in [0, 0.05) is 45.1 Å². The summed E-state index contributed by atoms with van der Waals surface area (Å²) < 4.78 is 10.4. The third kappa shape index (κ3) is 6.88. The quantitative estimate of drug-likeness (QED) is 0.161. The van der Waals surface area contributed by atoms with Crippen LogP contribution >= 0.6 is 0 Å². The fourth-order valence-electron chi connectivity index (χ4n) is 11.3. The Morgan fingerprint density at radius 3 is 1.54 bits per heavy atom. The van der Waals surface area contributed by atoms with Gasteiger partial charge in [-0.1, -0.05) is 178 Å². The van der Waals surface area contributed by atoms with Crippen molar-refractivity contribution in [2.45, 2.75) is 85.5 Å². The summed E-state index contributed by atoms with van der Waals surface area (Å²) in [5, 5.41) is 2.19. The molecule has 0 saturated heterocycles. The highest BCUT2D eigenvalue weighted by Gasteiger charge is 2.47. The number of aromatic nitrogens is 1. The standard InChI is InChI=1S/C65H60BN3O/c1-41-38-54-58-55(39-41)69(49-33-28-45(29-34-49)64(5,6)7)60-50-35-37-53-57(56(42-20-14-11-15-21-42)59(43-22-16-12-17-23-43)68(53)47-24-18-13-19-25-47)61(50)70-62(60)66(58)51-40-46(65(8,9)10)30-36-52(51)67(54)48-31-26-44(27-32-48)63(2,3)4/h11-40H,1-10H3. The number of benzene rings is 8. The van der Waals surface area contributed by atoms with Gasteiger partial charge in [0.05, 0.1) is 27.9 Å². The Labute approximate surface area is 413 Å². The Morgan fingerprint density at radius 1 is 0.457 bits per heavy atom. The van der Waals surface area contributed by atoms with Gasteiger partial charge in [-0.15, -0.1) is 0 Å². The van der Waals surface area contributed by atoms with Gasteiger partial charge in [-0.2, -0.15) is 0 Å². The van der Waals surface area contributed by atoms with Gasteiger partial charge < -0.3 is 18.8 Å². The molecule has 4 heterocycles. The second-order valence-electron chi connectivity index (χ2n) is 22.7. The molecule has 0 radical (unpaired) electrons. The van der Waals surface area contributed by atoms with E-state index in [-0.39, 0.29) is 23.0 Å². The van der Waals surface area contributed by atoms with E-state index in [1.165, 1.54) is 50.2 Å². The second kappa shape index (κ2) is 15.8. The molecule has 0 spiro atoms. The lowest BCUT2D eigenvalue weighted by Crippen LogP contribution is -2.61. The molecule has 4 nitrogen and oxygen atoms in total. The highest BCUT2D eigenvalue weighted by atomic mass is 16.3. The van der Waals surface area contributed by atoms with E-state index in [4.69, 9.17) is 4.42 Å². The predicted octanol–water partition coefficient (Wildman–Crippen LogP) is 16.0. The molecule has 8 aromatic carbocycles. The summed E-state index contributed by atoms with van der Waals surface area (Å²) in [5.41, 5.74) is 23.1. The number of rotatable bonds is 5. The van der Waals surface area contributed by atoms with Crippen LogP contribution in [-0.2, 0) is 16.2 Å². The molecule has 0 unspecified atom stereocenters. The van der Waals surface area contributed by atoms with Crippen molar-refractivity contribution >= 4 is 79.3 Å². The zero-order valence-corrected chi connectivity index (χ0v) is 42.1. The SMILES string of the molecule is Cc1cc2c3c(c1)N(c1ccc(C(C)(C)C)cc1)c1c(oc4c1ccc1c4c(-c4ccccc4)c(-c4ccccc4)n1-c1ccccc1)B3c1cc(C(C)(C)C)ccc1N2c1ccc(C(C)(C)C)cc1. The fourth-order valence-corrected chi connectivity index (χ4v) is 11.3. The lowest BCUT2D eigenvalue weighted by molar-refractivity contribution is 0.590. The van der Waals surface area contributed by atoms with Crippen LogP contribution in [-0.4, -0.2) is 11.3 Å². The third-order valence-corrected chi connectivity index (χ3v) is 14.9. The molecule has 0 saturated carbocycles. The van der Waals surface area contributed by atoms with E-state index in [9.17, 15) is 0 Å². The van der Waals surface area contributed by atoms with Crippen LogP contribution in [0.4, 0.5) is 34.1 Å². The van der Waals surface area contributed by atoms with Crippen molar-refractivity contribution in [3.05, 3.63) is 204 Å². The Morgan fingerprint density at radius 2 is 0.971 bits per heavy atom. The lowest BCUT2D eigenvalue weighted by Gasteiger charge is -2.43. The molecule has 2 aliphatic heterocycles. The van der Waals surface area contributed by atoms with Gasteiger partial charge in [0.2, 0.25) is 0 Å². The molecule has 0 atom stereocenters. The summed E-state index contributed by atoms with van der Waals surface area (Å²) in [6.07, 6.45) is 0. The number of furan rings is 1. The van der Waals surface area contributed by atoms with Crippen molar-refractivity contribution in [2.24, 2.45) is 0 Å². The van der Waals surface area contributed by atoms with E-state index >= 15 is 0 Å². The van der Waals surface area contributed by atoms with Crippen LogP contribution in [0.25, 0.3) is 49.9 Å². The molecular formula is C65H60BN3O. The van der Waals surface area contributed by atoms with Gasteiger partial charge in [0.15, 0.2) is 0 Å². The van der Waals surface area contributed by atoms with Gasteiger partial charge >= 0.3 is 0 Å². The molecule has 2 aromatic heterocycles. The van der Waals surface area contributed by atoms with Crippen LogP contribution in [0.1, 0.15) is 84.6 Å². The summed E-state index contributed by atoms with van der Waals surface area (Å²) in [6.45, 7) is 22.8. The van der Waals surface area contributed by atoms with E-state index in [1.807, 2.05) is 0 Å². The molecule has 0 aliphatic carbocycles. The van der Waals surface area contributed by atoms with E-state index in [0.29, 0.717) is 0 Å². The monoisotopic (exact) mass is 909 g/mol. The first kappa shape index (κ1) is 43.8. The third-order valence-electron chi connectivity index (χ3n) is 14.9. The van der Waals surface area contributed by atoms with Crippen molar-refractivity contribution in [2.75, 3.05) is 9.80 Å². The summed E-state index contributed by atoms with van der Waals surface area (Å²) >= 11 is 0. The van der Waals surface area contributed by atoms with Crippen LogP contribution in [0.5, 0.6) is 0 Å². The van der Waals surface area contributed by atoms with Gasteiger partial charge in [0.1, 0.15) is 5.58 Å². The maximum absolute atomic E-state index is 7.92. The molecule has 70 heavy (non-hydrogen) atoms. The molecule has 0 N–H and O–H groups in total. The highest BCUT2D eigenvalue weighted by Crippen LogP contribution is 2.52. The maximum Gasteiger partial charge on any atom is 0.297 e. The minimum atomic E-state index is -0.194. The number of fused-ring (bicyclic) bond motifs is 8. The van der Waals surface area contributed by atoms with Crippen LogP contribution in [0.2, 0.25) is 0 Å². The first-order chi connectivity index (χ1) is 33.6. The molecule has 344 valence electrons. The van der Waals surface area contributed by atoms with Crippen LogP contribution in [0.3, 0.4) is 0 Å². The average molecular weight is 910 g/mol. The molecule has 0 fully saturated rings. The summed E-state index contributed by atoms with van der Waals surface area (Å²) in [6, 6.07) is 67.8. The molecule has 2 aliphatic rings. The number of anilines is 6. The highest BCUT2D eigenvalue weighted by molar-refractivity contribution is 7.00. The van der Waals surface area contributed by atoms with Crippen molar-refractivity contribution in [3.63, 3.8) is 0 Å². The number of hydrogen-bond acceptors (Lipinski definition) is 3. The number of para-hydroxylation sites is 1. The van der Waals surface area contributed by atoms with Gasteiger partial charge in [0.25, 0.3) is 6.71 Å². The molecular weight excluding hydrogens is 850 g/mol. The number of aryl methyl sites for hydroxylation is 1. The van der Waals surface area contributed by atoms with Crippen molar-refractivity contribution in [1.82, 2.24) is 4.57 Å². The topological polar surface area (TPSA) is 24.6 Å². The Hall–Kier alpha value is -7.50. The lowest BCUT2D eigenvalue weighted by atomic mass is 9.35. The molecule has 0 bridgehead atoms. The van der Waals surface area contributed by atoms with Gasteiger partial charge in [-0.3, -0.25) is 0 Å². The number of nitrogens with zero attached hydrogens (tertiary/aromatic N) is 3. The summed E-state index contributed by atoms with van der Waals surface area (Å²) in [5.74, 6) is 0. The Kier molecular flexibility index (Phi) is 9.86. The smallest absolute Gasteiger partial charge is 0.297 e. The zero-order chi connectivity index (χ0) is 48.4. The van der Waals surface area contributed by atoms with Gasteiger partial charge in [-0.25, -0.2) is 0 Å². The van der Waals surface area contributed by atoms with Crippen molar-refractivity contribution in [1.29, 1.82) is 0 Å². The summed E-state index contributed by atoms with van der Waals surface area (Å²) in [7, 11) is 0. The van der Waals surface area contributed by atoms with Crippen LogP contribution < -0.4 is 26.4 Å². The fraction of sp³-hybridized carbons (Fsp3) is 0.200. The minimum Gasteiger partial charge on any atom is -0.467 e. The van der Waals surface area contributed by atoms with E-state index in [2.05, 4.69) is 266 Å². The largest absolute Gasteiger partial charge is 0.467 e. The first-order valence-electron chi connectivity index (χ1n) is 25.0. The molecule has 10 aromatic rings. The molecule has 0 amide bonds. The van der Waals surface area contributed by atoms with Gasteiger partial charge in [-0.05, 0) is 134 Å². The normalized spacial score (nSPS) is 13.5. The molecule has 12 rings (SSSR count). The van der Waals surface area contributed by atoms with E-state index in [1.54, 1.807) is 0 Å². The summed E-state index contributed by atoms with van der Waals surface area (Å²) in [4.78, 5) is 5.04. The Bertz CT molecular complexity index is 3640. The zero-order valence-electron chi connectivity index (χ0n) is 42.1. The average Bonchev–Trinajstić information content (AvgIpc) is 3.91. The van der Waals surface area contributed by atoms with Crippen molar-refractivity contribution < 1.29 is 4.42 Å². The van der Waals surface area contributed by atoms with Crippen LogP contribution in [0, 0.1) is 6.92 Å². The minimum absolute atomic E-state index is 0.000842. The predicted molar refractivity (Wildman–Crippen MR) is 299 cm³/mol. The van der Waals surface area contributed by atoms with E-state index < -0.39 is 0 Å². The maximum atomic E-state index is 7.92. The first-order valence-corrected chi connectivity index (χ1v) is 25.0. The number of hydrogen-bond donors (Lipinski definition) is 0. The molecule has 5 heteroatoms. The van der Waals surface area contributed by atoms with Crippen LogP contribution in [0.15, 0.2) is 186 Å². The van der Waals surface area contributed by atoms with E-state index in [0.717, 1.165) is 72.7 Å². The Balaban J connectivity index is 1.23. The van der Waals surface area contributed by atoms with Crippen molar-refractivity contribution in [3.8, 4) is 28.1 Å². The second-order valence-corrected chi connectivity index (χ2v) is 22.7.